The molecule has 1 fully saturated rings. The van der Waals surface area contributed by atoms with Crippen molar-refractivity contribution in [3.8, 4) is 0 Å². The van der Waals surface area contributed by atoms with E-state index >= 15 is 0 Å². The van der Waals surface area contributed by atoms with Crippen LogP contribution in [0.3, 0.4) is 0 Å². The lowest BCUT2D eigenvalue weighted by Gasteiger charge is -2.38. The number of carbonyl (C=O) groups is 1. The first-order chi connectivity index (χ1) is 15.9. The van der Waals surface area contributed by atoms with E-state index in [4.69, 9.17) is 17.0 Å². The van der Waals surface area contributed by atoms with Crippen LogP contribution in [0.25, 0.3) is 16.7 Å². The maximum atomic E-state index is 11.4. The van der Waals surface area contributed by atoms with Gasteiger partial charge < -0.3 is 14.8 Å². The zero-order chi connectivity index (χ0) is 23.1. The Balaban J connectivity index is 1.49. The monoisotopic (exact) mass is 461 g/mol. The van der Waals surface area contributed by atoms with Crippen LogP contribution in [0.5, 0.6) is 0 Å². The van der Waals surface area contributed by atoms with Gasteiger partial charge in [0.2, 0.25) is 5.91 Å². The van der Waals surface area contributed by atoms with Crippen LogP contribution in [-0.4, -0.2) is 54.8 Å². The van der Waals surface area contributed by atoms with Crippen LogP contribution < -0.4 is 5.32 Å². The highest BCUT2D eigenvalue weighted by Crippen LogP contribution is 2.25. The third kappa shape index (κ3) is 3.98. The first-order valence-electron chi connectivity index (χ1n) is 10.8. The summed E-state index contributed by atoms with van der Waals surface area (Å²) in [6, 6.07) is 14.0. The van der Waals surface area contributed by atoms with Crippen molar-refractivity contribution in [2.24, 2.45) is 0 Å². The second-order valence-corrected chi connectivity index (χ2v) is 8.76. The molecule has 4 heterocycles. The summed E-state index contributed by atoms with van der Waals surface area (Å²) in [5.41, 5.74) is 4.92. The summed E-state index contributed by atoms with van der Waals surface area (Å²) >= 11 is 6.22. The van der Waals surface area contributed by atoms with Crippen LogP contribution in [0.4, 0.5) is 0 Å². The highest BCUT2D eigenvalue weighted by molar-refractivity contribution is 6.30. The summed E-state index contributed by atoms with van der Waals surface area (Å²) in [6.45, 7) is 5.45. The van der Waals surface area contributed by atoms with Gasteiger partial charge in [-0.25, -0.2) is 0 Å². The maximum absolute atomic E-state index is 11.4. The van der Waals surface area contributed by atoms with Crippen molar-refractivity contribution in [2.45, 2.75) is 26.4 Å². The molecule has 0 saturated carbocycles. The summed E-state index contributed by atoms with van der Waals surface area (Å²) in [5.74, 6) is 0.886. The number of hydrogen-bond acceptors (Lipinski definition) is 5. The van der Waals surface area contributed by atoms with Crippen molar-refractivity contribution in [3.63, 3.8) is 0 Å². The van der Waals surface area contributed by atoms with Gasteiger partial charge in [-0.1, -0.05) is 23.7 Å². The Morgan fingerprint density at radius 2 is 2.03 bits per heavy atom. The summed E-state index contributed by atoms with van der Waals surface area (Å²) < 4.78 is 4.13. The molecule has 0 unspecified atom stereocenters. The number of likely N-dealkylation sites (tertiary alicyclic amines) is 1. The number of hydrogen-bond donors (Lipinski definition) is 2. The smallest absolute Gasteiger partial charge is 0.219 e. The molecule has 2 N–H and O–H groups in total. The summed E-state index contributed by atoms with van der Waals surface area (Å²) in [6.07, 6.45) is 3.56. The molecule has 1 aromatic carbocycles. The number of aromatic nitrogens is 4. The molecule has 0 bridgehead atoms. The predicted octanol–water partition coefficient (Wildman–Crippen LogP) is 3.40. The second-order valence-electron chi connectivity index (χ2n) is 8.32. The van der Waals surface area contributed by atoms with Crippen LogP contribution in [0.15, 0.2) is 54.7 Å². The molecular weight excluding hydrogens is 438 g/mol. The van der Waals surface area contributed by atoms with Gasteiger partial charge in [0.15, 0.2) is 5.65 Å². The molecule has 3 aromatic heterocycles. The van der Waals surface area contributed by atoms with Gasteiger partial charge >= 0.3 is 0 Å². The van der Waals surface area contributed by atoms with Crippen LogP contribution >= 0.6 is 11.6 Å². The third-order valence-corrected chi connectivity index (χ3v) is 6.25. The van der Waals surface area contributed by atoms with Crippen LogP contribution in [0, 0.1) is 12.3 Å². The van der Waals surface area contributed by atoms with Crippen molar-refractivity contribution in [1.29, 1.82) is 5.41 Å². The molecule has 1 amide bonds. The summed E-state index contributed by atoms with van der Waals surface area (Å²) in [7, 11) is 0. The van der Waals surface area contributed by atoms with Crippen LogP contribution in [-0.2, 0) is 11.3 Å². The van der Waals surface area contributed by atoms with Crippen LogP contribution in [0.2, 0.25) is 5.02 Å². The fourth-order valence-electron chi connectivity index (χ4n) is 4.25. The van der Waals surface area contributed by atoms with Gasteiger partial charge in [-0.15, -0.1) is 10.2 Å². The number of carbonyl (C=O) groups excluding carboxylic acids is 1. The average molecular weight is 462 g/mol. The molecule has 9 heteroatoms. The fraction of sp³-hybridized carbons (Fsp3) is 0.250. The molecule has 168 valence electrons. The Bertz CT molecular complexity index is 1410. The average Bonchev–Trinajstić information content (AvgIpc) is 3.30. The van der Waals surface area contributed by atoms with Gasteiger partial charge in [0.1, 0.15) is 5.82 Å². The molecule has 0 atom stereocenters. The number of fused-ring (bicyclic) bond motifs is 3. The zero-order valence-electron chi connectivity index (χ0n) is 18.4. The highest BCUT2D eigenvalue weighted by Gasteiger charge is 2.27. The molecule has 1 saturated heterocycles. The van der Waals surface area contributed by atoms with E-state index < -0.39 is 0 Å². The highest BCUT2D eigenvalue weighted by atomic mass is 35.5. The lowest BCUT2D eigenvalue weighted by atomic mass is 10.1. The molecule has 0 aliphatic carbocycles. The Kier molecular flexibility index (Phi) is 5.38. The van der Waals surface area contributed by atoms with Gasteiger partial charge in [0, 0.05) is 31.6 Å². The van der Waals surface area contributed by atoms with Gasteiger partial charge in [-0.05, 0) is 55.1 Å². The van der Waals surface area contributed by atoms with Gasteiger partial charge in [0.05, 0.1) is 28.5 Å². The van der Waals surface area contributed by atoms with E-state index in [0.717, 1.165) is 33.8 Å². The minimum absolute atomic E-state index is 0.0888. The van der Waals surface area contributed by atoms with Crippen molar-refractivity contribution in [3.05, 3.63) is 76.8 Å². The van der Waals surface area contributed by atoms with Crippen LogP contribution in [0.1, 0.15) is 24.0 Å². The van der Waals surface area contributed by atoms with Gasteiger partial charge in [0.25, 0.3) is 0 Å². The zero-order valence-corrected chi connectivity index (χ0v) is 19.2. The van der Waals surface area contributed by atoms with E-state index in [2.05, 4.69) is 20.1 Å². The number of aryl methyl sites for hydroxylation is 1. The topological polar surface area (TPSA) is 91.3 Å². The minimum atomic E-state index is 0.0888. The molecule has 0 radical (unpaired) electrons. The molecule has 1 aliphatic heterocycles. The molecular formula is C24H24ClN7O. The largest absolute Gasteiger partial charge is 0.385 e. The Morgan fingerprint density at radius 1 is 1.21 bits per heavy atom. The molecule has 8 nitrogen and oxygen atoms in total. The van der Waals surface area contributed by atoms with E-state index in [9.17, 15) is 4.79 Å². The van der Waals surface area contributed by atoms with E-state index in [1.165, 1.54) is 0 Å². The normalized spacial score (nSPS) is 14.3. The minimum Gasteiger partial charge on any atom is -0.385 e. The fourth-order valence-corrected chi connectivity index (χ4v) is 4.46. The number of nitrogens with zero attached hydrogens (tertiary/aromatic N) is 5. The van der Waals surface area contributed by atoms with Crippen molar-refractivity contribution < 1.29 is 4.79 Å². The molecule has 5 rings (SSSR count). The Labute approximate surface area is 196 Å². The lowest BCUT2D eigenvalue weighted by molar-refractivity contribution is -0.133. The predicted molar refractivity (Wildman–Crippen MR) is 129 cm³/mol. The SMILES string of the molecule is CC(=O)N1CC(N/C=C\C(=N)c2cc3c(ccc4nnc(C)n43)n2Cc2cccc(Cl)c2)C1. The number of nitrogens with one attached hydrogen (secondary N) is 2. The van der Waals surface area contributed by atoms with Gasteiger partial charge in [-0.3, -0.25) is 14.6 Å². The number of benzene rings is 1. The summed E-state index contributed by atoms with van der Waals surface area (Å²) in [5, 5.41) is 21.2. The summed E-state index contributed by atoms with van der Waals surface area (Å²) in [4.78, 5) is 13.1. The van der Waals surface area contributed by atoms with Gasteiger partial charge in [-0.2, -0.15) is 0 Å². The first-order valence-corrected chi connectivity index (χ1v) is 11.1. The molecule has 1 aliphatic rings. The first kappa shape index (κ1) is 21.2. The quantitative estimate of drug-likeness (QED) is 0.430. The number of amides is 1. The number of rotatable bonds is 6. The number of allylic oxidation sites excluding steroid dienone is 1. The van der Waals surface area contributed by atoms with Crippen molar-refractivity contribution >= 4 is 39.9 Å². The lowest BCUT2D eigenvalue weighted by Crippen LogP contribution is -2.58. The Morgan fingerprint density at radius 3 is 2.79 bits per heavy atom. The van der Waals surface area contributed by atoms with E-state index in [0.29, 0.717) is 30.4 Å². The van der Waals surface area contributed by atoms with E-state index in [1.54, 1.807) is 24.1 Å². The molecule has 4 aromatic rings. The number of halogens is 1. The van der Waals surface area contributed by atoms with E-state index in [-0.39, 0.29) is 11.9 Å². The third-order valence-electron chi connectivity index (χ3n) is 6.01. The van der Waals surface area contributed by atoms with Crippen molar-refractivity contribution in [1.82, 2.24) is 29.4 Å². The maximum Gasteiger partial charge on any atom is 0.219 e. The Hall–Kier alpha value is -3.65. The van der Waals surface area contributed by atoms with E-state index in [1.807, 2.05) is 53.8 Å². The standard InChI is InChI=1S/C24H24ClN7O/c1-15-28-29-24-7-6-21-23(32(15)24)11-22(31(21)12-17-4-3-5-18(25)10-17)20(26)8-9-27-19-13-30(14-19)16(2)33/h3-11,19,26-27H,12-14H2,1-2H3/b9-8-,26-20?. The molecule has 33 heavy (non-hydrogen) atoms. The second kappa shape index (κ2) is 8.37. The number of pyridine rings is 1. The molecule has 0 spiro atoms. The van der Waals surface area contributed by atoms with Crippen molar-refractivity contribution in [2.75, 3.05) is 13.1 Å².